The fraction of sp³-hybridized carbons (Fsp3) is 0.917. The highest BCUT2D eigenvalue weighted by molar-refractivity contribution is 6.60. The fourth-order valence-corrected chi connectivity index (χ4v) is 4.99. The van der Waals surface area contributed by atoms with Gasteiger partial charge in [0.15, 0.2) is 0 Å². The molecule has 0 heterocycles. The Hall–Kier alpha value is -0.313. The summed E-state index contributed by atoms with van der Waals surface area (Å²) in [5.41, 5.74) is 0. The molecule has 0 saturated carbocycles. The van der Waals surface area contributed by atoms with Crippen molar-refractivity contribution in [2.45, 2.75) is 71.4 Å². The Morgan fingerprint density at radius 3 is 1.73 bits per heavy atom. The van der Waals surface area contributed by atoms with Crippen molar-refractivity contribution < 1.29 is 9.22 Å². The summed E-state index contributed by atoms with van der Waals surface area (Å²) in [5, 5.41) is 0.179. The van der Waals surface area contributed by atoms with Gasteiger partial charge in [-0.3, -0.25) is 4.79 Å². The van der Waals surface area contributed by atoms with Crippen LogP contribution in [0, 0.1) is 0 Å². The topological polar surface area (TPSA) is 26.3 Å². The Bertz CT molecular complexity index is 197. The van der Waals surface area contributed by atoms with E-state index in [1.807, 2.05) is 6.92 Å². The van der Waals surface area contributed by atoms with Gasteiger partial charge < -0.3 is 4.43 Å². The first-order chi connectivity index (χ1) is 6.59. The summed E-state index contributed by atoms with van der Waals surface area (Å²) >= 11 is 0. The molecular formula is C12H25O2Si. The molecule has 0 aromatic heterocycles. The maximum atomic E-state index is 11.6. The van der Waals surface area contributed by atoms with Crippen LogP contribution < -0.4 is 0 Å². The minimum absolute atomic E-state index is 0.0313. The van der Waals surface area contributed by atoms with E-state index in [9.17, 15) is 4.79 Å². The molecule has 0 rings (SSSR count). The van der Waals surface area contributed by atoms with Crippen LogP contribution in [0.3, 0.4) is 0 Å². The standard InChI is InChI=1S/C12H25O2Si/c1-8-9-10(13)14-15(11(2,3)4)12(5,6)7/h8-9H2,1-7H3. The molecule has 2 nitrogen and oxygen atoms in total. The lowest BCUT2D eigenvalue weighted by Crippen LogP contribution is -2.39. The van der Waals surface area contributed by atoms with E-state index in [0.717, 1.165) is 6.42 Å². The van der Waals surface area contributed by atoms with Gasteiger partial charge in [0, 0.05) is 6.42 Å². The Kier molecular flexibility index (Phi) is 5.04. The lowest BCUT2D eigenvalue weighted by molar-refractivity contribution is -0.135. The first kappa shape index (κ1) is 14.7. The second-order valence-electron chi connectivity index (χ2n) is 6.05. The van der Waals surface area contributed by atoms with Crippen LogP contribution in [0.4, 0.5) is 0 Å². The van der Waals surface area contributed by atoms with E-state index in [2.05, 4.69) is 41.5 Å². The summed E-state index contributed by atoms with van der Waals surface area (Å²) in [6.45, 7) is 15.0. The molecule has 3 heteroatoms. The van der Waals surface area contributed by atoms with Crippen molar-refractivity contribution in [2.24, 2.45) is 0 Å². The largest absolute Gasteiger partial charge is 0.516 e. The zero-order valence-electron chi connectivity index (χ0n) is 11.2. The maximum absolute atomic E-state index is 11.6. The molecule has 0 aliphatic rings. The first-order valence-corrected chi connectivity index (χ1v) is 7.08. The van der Waals surface area contributed by atoms with E-state index in [1.54, 1.807) is 0 Å². The second kappa shape index (κ2) is 5.15. The summed E-state index contributed by atoms with van der Waals surface area (Å²) < 4.78 is 5.68. The van der Waals surface area contributed by atoms with Crippen molar-refractivity contribution >= 4 is 15.0 Å². The molecule has 89 valence electrons. The van der Waals surface area contributed by atoms with Crippen LogP contribution >= 0.6 is 0 Å². The SMILES string of the molecule is CCCC(=O)O[Si](C(C)(C)C)C(C)(C)C. The van der Waals surface area contributed by atoms with Crippen LogP contribution in [0.2, 0.25) is 10.1 Å². The molecule has 0 unspecified atom stereocenters. The van der Waals surface area contributed by atoms with Gasteiger partial charge in [-0.1, -0.05) is 48.5 Å². The monoisotopic (exact) mass is 229 g/mol. The van der Waals surface area contributed by atoms with Gasteiger partial charge >= 0.3 is 0 Å². The zero-order chi connectivity index (χ0) is 12.3. The Morgan fingerprint density at radius 2 is 1.47 bits per heavy atom. The summed E-state index contributed by atoms with van der Waals surface area (Å²) in [4.78, 5) is 11.6. The van der Waals surface area contributed by atoms with Gasteiger partial charge in [0.2, 0.25) is 0 Å². The van der Waals surface area contributed by atoms with Crippen molar-refractivity contribution in [1.29, 1.82) is 0 Å². The lowest BCUT2D eigenvalue weighted by atomic mass is 10.2. The third-order valence-corrected chi connectivity index (χ3v) is 5.19. The number of carbonyl (C=O) groups is 1. The van der Waals surface area contributed by atoms with Gasteiger partial charge in [-0.15, -0.1) is 0 Å². The average molecular weight is 229 g/mol. The number of hydrogen-bond acceptors (Lipinski definition) is 2. The fourth-order valence-electron chi connectivity index (χ4n) is 1.80. The van der Waals surface area contributed by atoms with Crippen molar-refractivity contribution in [2.75, 3.05) is 0 Å². The molecule has 0 aliphatic heterocycles. The molecule has 0 aromatic rings. The number of rotatable bonds is 3. The molecule has 0 saturated heterocycles. The number of hydrogen-bond donors (Lipinski definition) is 0. The summed E-state index contributed by atoms with van der Waals surface area (Å²) in [5.74, 6) is -0.0313. The summed E-state index contributed by atoms with van der Waals surface area (Å²) in [6.07, 6.45) is 1.41. The van der Waals surface area contributed by atoms with Crippen LogP contribution in [0.15, 0.2) is 0 Å². The van der Waals surface area contributed by atoms with Crippen LogP contribution in [0.5, 0.6) is 0 Å². The molecule has 0 atom stereocenters. The first-order valence-electron chi connectivity index (χ1n) is 5.67. The predicted octanol–water partition coefficient (Wildman–Crippen LogP) is 3.92. The molecule has 0 spiro atoms. The Morgan fingerprint density at radius 1 is 1.07 bits per heavy atom. The molecule has 0 fully saturated rings. The summed E-state index contributed by atoms with van der Waals surface area (Å²) in [7, 11) is -1.15. The van der Waals surface area contributed by atoms with Crippen LogP contribution in [-0.2, 0) is 9.22 Å². The zero-order valence-corrected chi connectivity index (χ0v) is 12.2. The highest BCUT2D eigenvalue weighted by atomic mass is 28.3. The van der Waals surface area contributed by atoms with Gasteiger partial charge in [0.25, 0.3) is 15.0 Å². The van der Waals surface area contributed by atoms with Crippen LogP contribution in [-0.4, -0.2) is 15.0 Å². The van der Waals surface area contributed by atoms with E-state index < -0.39 is 9.04 Å². The minimum atomic E-state index is -1.15. The Labute approximate surface area is 96.1 Å². The molecular weight excluding hydrogens is 204 g/mol. The third kappa shape index (κ3) is 5.35. The van der Waals surface area contributed by atoms with E-state index in [1.165, 1.54) is 0 Å². The van der Waals surface area contributed by atoms with Gasteiger partial charge in [0.05, 0.1) is 0 Å². The van der Waals surface area contributed by atoms with Gasteiger partial charge in [0.1, 0.15) is 0 Å². The van der Waals surface area contributed by atoms with Crippen molar-refractivity contribution in [3.8, 4) is 0 Å². The van der Waals surface area contributed by atoms with Crippen molar-refractivity contribution in [3.63, 3.8) is 0 Å². The quantitative estimate of drug-likeness (QED) is 0.686. The minimum Gasteiger partial charge on any atom is -0.516 e. The lowest BCUT2D eigenvalue weighted by Gasteiger charge is -2.36. The molecule has 1 radical (unpaired) electrons. The highest BCUT2D eigenvalue weighted by Crippen LogP contribution is 2.42. The van der Waals surface area contributed by atoms with E-state index in [0.29, 0.717) is 6.42 Å². The smallest absolute Gasteiger partial charge is 0.295 e. The van der Waals surface area contributed by atoms with Crippen molar-refractivity contribution in [1.82, 2.24) is 0 Å². The van der Waals surface area contributed by atoms with Crippen LogP contribution in [0.25, 0.3) is 0 Å². The van der Waals surface area contributed by atoms with E-state index in [4.69, 9.17) is 4.43 Å². The summed E-state index contributed by atoms with van der Waals surface area (Å²) in [6, 6.07) is 0. The van der Waals surface area contributed by atoms with E-state index in [-0.39, 0.29) is 16.0 Å². The molecule has 0 aromatic carbocycles. The highest BCUT2D eigenvalue weighted by Gasteiger charge is 2.42. The average Bonchev–Trinajstić information content (AvgIpc) is 1.96. The molecule has 0 aliphatic carbocycles. The van der Waals surface area contributed by atoms with Gasteiger partial charge in [-0.25, -0.2) is 0 Å². The third-order valence-electron chi connectivity index (χ3n) is 2.03. The van der Waals surface area contributed by atoms with Crippen LogP contribution in [0.1, 0.15) is 61.3 Å². The van der Waals surface area contributed by atoms with Gasteiger partial charge in [-0.05, 0) is 16.5 Å². The number of carbonyl (C=O) groups excluding carboxylic acids is 1. The molecule has 0 N–H and O–H groups in total. The maximum Gasteiger partial charge on any atom is 0.295 e. The molecule has 15 heavy (non-hydrogen) atoms. The van der Waals surface area contributed by atoms with E-state index >= 15 is 0 Å². The Balaban J connectivity index is 4.62. The van der Waals surface area contributed by atoms with Crippen molar-refractivity contribution in [3.05, 3.63) is 0 Å². The molecule has 0 bridgehead atoms. The molecule has 0 amide bonds. The normalized spacial score (nSPS) is 13.1. The predicted molar refractivity (Wildman–Crippen MR) is 66.2 cm³/mol. The second-order valence-corrected chi connectivity index (χ2v) is 9.92. The van der Waals surface area contributed by atoms with Gasteiger partial charge in [-0.2, -0.15) is 0 Å².